The molecule has 0 N–H and O–H groups in total. The van der Waals surface area contributed by atoms with Crippen molar-refractivity contribution in [1.29, 1.82) is 0 Å². The fraction of sp³-hybridized carbons (Fsp3) is 0.333. The number of allylic oxidation sites excluding steroid dienone is 1. The van der Waals surface area contributed by atoms with Gasteiger partial charge in [0.05, 0.1) is 11.6 Å². The summed E-state index contributed by atoms with van der Waals surface area (Å²) in [5, 5.41) is 0.400. The van der Waals surface area contributed by atoms with Crippen molar-refractivity contribution in [2.75, 3.05) is 6.61 Å². The molecule has 0 fully saturated rings. The summed E-state index contributed by atoms with van der Waals surface area (Å²) in [7, 11) is 0. The van der Waals surface area contributed by atoms with Crippen LogP contribution in [0, 0.1) is 0 Å². The summed E-state index contributed by atoms with van der Waals surface area (Å²) >= 11 is 6.08. The third kappa shape index (κ3) is 4.21. The van der Waals surface area contributed by atoms with Gasteiger partial charge in [0.25, 0.3) is 0 Å². The Kier molecular flexibility index (Phi) is 6.30. The minimum absolute atomic E-state index is 0.342. The molecular formula is C15H17ClO3. The molecular weight excluding hydrogens is 264 g/mol. The molecule has 0 radical (unpaired) electrons. The lowest BCUT2D eigenvalue weighted by molar-refractivity contribution is -0.120. The van der Waals surface area contributed by atoms with Gasteiger partial charge in [-0.25, -0.2) is 0 Å². The maximum Gasteiger partial charge on any atom is 0.169 e. The van der Waals surface area contributed by atoms with E-state index in [0.717, 1.165) is 18.9 Å². The van der Waals surface area contributed by atoms with E-state index < -0.39 is 5.92 Å². The molecule has 1 rings (SSSR count). The quantitative estimate of drug-likeness (QED) is 0.316. The first-order valence-electron chi connectivity index (χ1n) is 6.17. The number of ether oxygens (including phenoxy) is 1. The molecule has 0 amide bonds. The van der Waals surface area contributed by atoms with Crippen molar-refractivity contribution >= 4 is 23.7 Å². The van der Waals surface area contributed by atoms with Crippen LogP contribution in [-0.2, 0) is 9.59 Å². The minimum Gasteiger partial charge on any atom is -0.492 e. The van der Waals surface area contributed by atoms with Crippen molar-refractivity contribution in [2.24, 2.45) is 0 Å². The van der Waals surface area contributed by atoms with Crippen LogP contribution in [0.3, 0.4) is 0 Å². The Labute approximate surface area is 118 Å². The molecule has 1 unspecified atom stereocenters. The van der Waals surface area contributed by atoms with E-state index in [1.165, 1.54) is 0 Å². The lowest BCUT2D eigenvalue weighted by atomic mass is 9.96. The van der Waals surface area contributed by atoms with Crippen LogP contribution in [0.1, 0.15) is 31.2 Å². The average molecular weight is 281 g/mol. The van der Waals surface area contributed by atoms with E-state index in [0.29, 0.717) is 29.2 Å². The summed E-state index contributed by atoms with van der Waals surface area (Å²) in [6, 6.07) is 4.94. The predicted molar refractivity (Wildman–Crippen MR) is 75.9 cm³/mol. The van der Waals surface area contributed by atoms with Crippen LogP contribution in [0.2, 0.25) is 5.02 Å². The lowest BCUT2D eigenvalue weighted by Gasteiger charge is -2.11. The van der Waals surface area contributed by atoms with Gasteiger partial charge in [0.15, 0.2) is 5.78 Å². The molecule has 0 bridgehead atoms. The molecule has 0 saturated carbocycles. The van der Waals surface area contributed by atoms with E-state index in [4.69, 9.17) is 16.3 Å². The summed E-state index contributed by atoms with van der Waals surface area (Å²) < 4.78 is 5.51. The lowest BCUT2D eigenvalue weighted by Crippen LogP contribution is -2.11. The fourth-order valence-corrected chi connectivity index (χ4v) is 1.83. The standard InChI is InChI=1S/C15H17ClO3/c1-3-5-8-19-15-7-6-11(9-13(15)16)12(10-17)14(18)4-2/h4,6-7,9-10,12H,2-3,5,8H2,1H3. The Balaban J connectivity index is 2.88. The van der Waals surface area contributed by atoms with E-state index in [1.54, 1.807) is 18.2 Å². The second-order valence-electron chi connectivity index (χ2n) is 4.11. The van der Waals surface area contributed by atoms with Gasteiger partial charge < -0.3 is 9.53 Å². The van der Waals surface area contributed by atoms with Crippen LogP contribution >= 0.6 is 11.6 Å². The first kappa shape index (κ1) is 15.4. The van der Waals surface area contributed by atoms with Crippen LogP contribution in [0.15, 0.2) is 30.9 Å². The van der Waals surface area contributed by atoms with Gasteiger partial charge in [-0.3, -0.25) is 4.79 Å². The highest BCUT2D eigenvalue weighted by Gasteiger charge is 2.18. The molecule has 4 heteroatoms. The minimum atomic E-state index is -0.848. The highest BCUT2D eigenvalue weighted by molar-refractivity contribution is 6.32. The molecule has 19 heavy (non-hydrogen) atoms. The second kappa shape index (κ2) is 7.74. The maximum absolute atomic E-state index is 11.5. The number of hydrogen-bond donors (Lipinski definition) is 0. The van der Waals surface area contributed by atoms with Gasteiger partial charge in [-0.15, -0.1) is 0 Å². The third-order valence-electron chi connectivity index (χ3n) is 2.71. The zero-order valence-corrected chi connectivity index (χ0v) is 11.7. The Morgan fingerprint density at radius 3 is 2.79 bits per heavy atom. The molecule has 0 aliphatic heterocycles. The van der Waals surface area contributed by atoms with Crippen molar-refractivity contribution < 1.29 is 14.3 Å². The fourth-order valence-electron chi connectivity index (χ4n) is 1.59. The molecule has 1 aromatic rings. The van der Waals surface area contributed by atoms with Gasteiger partial charge in [-0.1, -0.05) is 37.6 Å². The van der Waals surface area contributed by atoms with Gasteiger partial charge in [-0.2, -0.15) is 0 Å². The van der Waals surface area contributed by atoms with Gasteiger partial charge in [0.1, 0.15) is 18.0 Å². The topological polar surface area (TPSA) is 43.4 Å². The molecule has 0 spiro atoms. The van der Waals surface area contributed by atoms with Gasteiger partial charge in [0, 0.05) is 0 Å². The number of halogens is 1. The number of aldehydes is 1. The number of unbranched alkanes of at least 4 members (excludes halogenated alkanes) is 1. The zero-order valence-electron chi connectivity index (χ0n) is 10.9. The third-order valence-corrected chi connectivity index (χ3v) is 3.01. The molecule has 0 aliphatic carbocycles. The van der Waals surface area contributed by atoms with Crippen molar-refractivity contribution in [3.8, 4) is 5.75 Å². The summed E-state index contributed by atoms with van der Waals surface area (Å²) in [6.07, 6.45) is 3.71. The Morgan fingerprint density at radius 2 is 2.26 bits per heavy atom. The molecule has 0 aliphatic rings. The molecule has 102 valence electrons. The van der Waals surface area contributed by atoms with Crippen LogP contribution in [0.4, 0.5) is 0 Å². The molecule has 1 atom stereocenters. The van der Waals surface area contributed by atoms with Gasteiger partial charge in [-0.05, 0) is 30.2 Å². The van der Waals surface area contributed by atoms with Crippen LogP contribution < -0.4 is 4.74 Å². The van der Waals surface area contributed by atoms with Crippen LogP contribution in [-0.4, -0.2) is 18.7 Å². The van der Waals surface area contributed by atoms with Gasteiger partial charge >= 0.3 is 0 Å². The average Bonchev–Trinajstić information content (AvgIpc) is 2.42. The van der Waals surface area contributed by atoms with E-state index in [2.05, 4.69) is 13.5 Å². The first-order valence-corrected chi connectivity index (χ1v) is 6.55. The van der Waals surface area contributed by atoms with Crippen molar-refractivity contribution in [1.82, 2.24) is 0 Å². The van der Waals surface area contributed by atoms with Crippen LogP contribution in [0.25, 0.3) is 0 Å². The highest BCUT2D eigenvalue weighted by Crippen LogP contribution is 2.28. The largest absolute Gasteiger partial charge is 0.492 e. The summed E-state index contributed by atoms with van der Waals surface area (Å²) in [5.74, 6) is -0.625. The van der Waals surface area contributed by atoms with Crippen LogP contribution in [0.5, 0.6) is 5.75 Å². The zero-order chi connectivity index (χ0) is 14.3. The Bertz CT molecular complexity index is 468. The Morgan fingerprint density at radius 1 is 1.53 bits per heavy atom. The monoisotopic (exact) mass is 280 g/mol. The molecule has 0 heterocycles. The van der Waals surface area contributed by atoms with E-state index in [1.807, 2.05) is 0 Å². The smallest absolute Gasteiger partial charge is 0.169 e. The number of benzene rings is 1. The summed E-state index contributed by atoms with van der Waals surface area (Å²) in [6.45, 7) is 6.05. The van der Waals surface area contributed by atoms with E-state index >= 15 is 0 Å². The van der Waals surface area contributed by atoms with E-state index in [9.17, 15) is 9.59 Å². The summed E-state index contributed by atoms with van der Waals surface area (Å²) in [4.78, 5) is 22.5. The van der Waals surface area contributed by atoms with Gasteiger partial charge in [0.2, 0.25) is 0 Å². The first-order chi connectivity index (χ1) is 9.13. The molecule has 0 aromatic heterocycles. The molecule has 3 nitrogen and oxygen atoms in total. The highest BCUT2D eigenvalue weighted by atomic mass is 35.5. The second-order valence-corrected chi connectivity index (χ2v) is 4.52. The van der Waals surface area contributed by atoms with E-state index in [-0.39, 0.29) is 5.78 Å². The maximum atomic E-state index is 11.5. The molecule has 0 saturated heterocycles. The number of carbonyl (C=O) groups is 2. The number of ketones is 1. The predicted octanol–water partition coefficient (Wildman–Crippen LogP) is 3.56. The van der Waals surface area contributed by atoms with Crippen molar-refractivity contribution in [2.45, 2.75) is 25.7 Å². The van der Waals surface area contributed by atoms with Crippen molar-refractivity contribution in [3.05, 3.63) is 41.4 Å². The normalized spacial score (nSPS) is 11.7. The van der Waals surface area contributed by atoms with Crippen molar-refractivity contribution in [3.63, 3.8) is 0 Å². The summed E-state index contributed by atoms with van der Waals surface area (Å²) in [5.41, 5.74) is 0.549. The number of rotatable bonds is 8. The number of hydrogen-bond acceptors (Lipinski definition) is 3. The Hall–Kier alpha value is -1.61. The molecule has 1 aromatic carbocycles. The SMILES string of the molecule is C=CC(=O)C(C=O)c1ccc(OCCCC)c(Cl)c1. The number of carbonyl (C=O) groups excluding carboxylic acids is 2.